The number of rotatable bonds is 1. The normalized spacial score (nSPS) is 8.57. The summed E-state index contributed by atoms with van der Waals surface area (Å²) in [6, 6.07) is 0. The lowest BCUT2D eigenvalue weighted by Gasteiger charge is -1.72. The summed E-state index contributed by atoms with van der Waals surface area (Å²) in [5, 5.41) is 0. The van der Waals surface area contributed by atoms with Crippen molar-refractivity contribution in [3.8, 4) is 0 Å². The molecule has 1 aromatic rings. The van der Waals surface area contributed by atoms with E-state index in [1.54, 1.807) is 12.4 Å². The Morgan fingerprint density at radius 3 is 3.00 bits per heavy atom. The molecule has 0 bridgehead atoms. The van der Waals surface area contributed by atoms with Gasteiger partial charge in [-0.15, -0.1) is 0 Å². The van der Waals surface area contributed by atoms with Crippen LogP contribution in [-0.2, 0) is 0 Å². The number of aromatic nitrogens is 2. The van der Waals surface area contributed by atoms with Gasteiger partial charge in [0.15, 0.2) is 0 Å². The van der Waals surface area contributed by atoms with Gasteiger partial charge in [0.25, 0.3) is 0 Å². The quantitative estimate of drug-likeness (QED) is 0.513. The molecule has 0 saturated heterocycles. The number of aromatic amines is 1. The van der Waals surface area contributed by atoms with Crippen LogP contribution in [0.4, 0.5) is 5.95 Å². The molecule has 1 heterocycles. The molecule has 0 radical (unpaired) electrons. The minimum absolute atomic E-state index is 0.569. The number of H-pyrrole nitrogens is 1. The summed E-state index contributed by atoms with van der Waals surface area (Å²) < 4.78 is 0. The second-order valence-corrected chi connectivity index (χ2v) is 1.07. The fourth-order valence-corrected chi connectivity index (χ4v) is 0.343. The largest absolute Gasteiger partial charge is 0.329 e. The minimum atomic E-state index is 0.569. The van der Waals surface area contributed by atoms with Crippen LogP contribution >= 0.6 is 0 Å². The third kappa shape index (κ3) is 0.652. The molecule has 0 aliphatic heterocycles. The lowest BCUT2D eigenvalue weighted by atomic mass is 11.0. The van der Waals surface area contributed by atoms with E-state index in [0.29, 0.717) is 5.95 Å². The molecule has 3 heteroatoms. The SMILES string of the molecule is C=Nc1ncc[nH]1. The summed E-state index contributed by atoms with van der Waals surface area (Å²) in [4.78, 5) is 10.0. The van der Waals surface area contributed by atoms with Crippen LogP contribution in [0.1, 0.15) is 0 Å². The number of hydrogen-bond acceptors (Lipinski definition) is 2. The van der Waals surface area contributed by atoms with Gasteiger partial charge in [-0.1, -0.05) is 0 Å². The third-order valence-corrected chi connectivity index (χ3v) is 0.634. The molecule has 0 unspecified atom stereocenters. The highest BCUT2D eigenvalue weighted by Crippen LogP contribution is 1.95. The van der Waals surface area contributed by atoms with Crippen molar-refractivity contribution < 1.29 is 0 Å². The van der Waals surface area contributed by atoms with Crippen molar-refractivity contribution in [3.63, 3.8) is 0 Å². The number of imidazole rings is 1. The molecule has 36 valence electrons. The Kier molecular flexibility index (Phi) is 0.898. The zero-order valence-corrected chi connectivity index (χ0v) is 3.76. The molecular formula is C4H5N3. The maximum absolute atomic E-state index is 3.75. The van der Waals surface area contributed by atoms with Gasteiger partial charge < -0.3 is 4.98 Å². The number of nitrogens with zero attached hydrogens (tertiary/aromatic N) is 2. The molecule has 0 saturated carbocycles. The molecule has 3 nitrogen and oxygen atoms in total. The molecule has 0 aromatic carbocycles. The van der Waals surface area contributed by atoms with E-state index in [-0.39, 0.29) is 0 Å². The van der Waals surface area contributed by atoms with Crippen molar-refractivity contribution in [2.75, 3.05) is 0 Å². The highest BCUT2D eigenvalue weighted by atomic mass is 15.0. The predicted octanol–water partition coefficient (Wildman–Crippen LogP) is 0.742. The highest BCUT2D eigenvalue weighted by Gasteiger charge is 1.79. The van der Waals surface area contributed by atoms with Crippen LogP contribution in [0.15, 0.2) is 17.4 Å². The molecule has 0 fully saturated rings. The van der Waals surface area contributed by atoms with Gasteiger partial charge in [0.2, 0.25) is 5.95 Å². The fraction of sp³-hybridized carbons (Fsp3) is 0. The second kappa shape index (κ2) is 1.55. The van der Waals surface area contributed by atoms with Gasteiger partial charge in [-0.05, 0) is 6.72 Å². The Morgan fingerprint density at radius 2 is 2.71 bits per heavy atom. The Bertz CT molecular complexity index is 142. The number of nitrogens with one attached hydrogen (secondary N) is 1. The van der Waals surface area contributed by atoms with Crippen molar-refractivity contribution in [2.45, 2.75) is 0 Å². The van der Waals surface area contributed by atoms with E-state index in [1.165, 1.54) is 0 Å². The topological polar surface area (TPSA) is 41.0 Å². The van der Waals surface area contributed by atoms with Crippen molar-refractivity contribution in [1.82, 2.24) is 9.97 Å². The van der Waals surface area contributed by atoms with Gasteiger partial charge in [0.05, 0.1) is 0 Å². The third-order valence-electron chi connectivity index (χ3n) is 0.634. The summed E-state index contributed by atoms with van der Waals surface area (Å²) in [5.41, 5.74) is 0. The monoisotopic (exact) mass is 95.0 g/mol. The Morgan fingerprint density at radius 1 is 1.86 bits per heavy atom. The maximum Gasteiger partial charge on any atom is 0.226 e. The molecule has 1 N–H and O–H groups in total. The van der Waals surface area contributed by atoms with Crippen molar-refractivity contribution in [2.24, 2.45) is 4.99 Å². The summed E-state index contributed by atoms with van der Waals surface area (Å²) in [7, 11) is 0. The summed E-state index contributed by atoms with van der Waals surface area (Å²) in [6.07, 6.45) is 3.33. The first-order valence-corrected chi connectivity index (χ1v) is 1.89. The molecule has 1 aromatic heterocycles. The lowest BCUT2D eigenvalue weighted by molar-refractivity contribution is 1.25. The molecule has 0 aliphatic rings. The van der Waals surface area contributed by atoms with Crippen LogP contribution < -0.4 is 0 Å². The first-order chi connectivity index (χ1) is 3.43. The van der Waals surface area contributed by atoms with Gasteiger partial charge in [-0.3, -0.25) is 0 Å². The molecule has 0 atom stereocenters. The van der Waals surface area contributed by atoms with Gasteiger partial charge in [0, 0.05) is 12.4 Å². The zero-order chi connectivity index (χ0) is 5.11. The van der Waals surface area contributed by atoms with Crippen LogP contribution in [0.5, 0.6) is 0 Å². The van der Waals surface area contributed by atoms with E-state index in [0.717, 1.165) is 0 Å². The highest BCUT2D eigenvalue weighted by molar-refractivity contribution is 5.33. The molecule has 0 spiro atoms. The van der Waals surface area contributed by atoms with Crippen molar-refractivity contribution >= 4 is 12.7 Å². The summed E-state index contributed by atoms with van der Waals surface area (Å²) in [6.45, 7) is 3.26. The van der Waals surface area contributed by atoms with Gasteiger partial charge in [0.1, 0.15) is 0 Å². The second-order valence-electron chi connectivity index (χ2n) is 1.07. The molecule has 7 heavy (non-hydrogen) atoms. The molecule has 1 rings (SSSR count). The van der Waals surface area contributed by atoms with E-state index in [9.17, 15) is 0 Å². The smallest absolute Gasteiger partial charge is 0.226 e. The predicted molar refractivity (Wildman–Crippen MR) is 27.8 cm³/mol. The standard InChI is InChI=1S/C4H5N3/c1-5-4-6-2-3-7-4/h2-3H,1H2,(H,6,7). The first kappa shape index (κ1) is 4.05. The summed E-state index contributed by atoms with van der Waals surface area (Å²) >= 11 is 0. The Labute approximate surface area is 41.1 Å². The van der Waals surface area contributed by atoms with Crippen LogP contribution in [0, 0.1) is 0 Å². The molecule has 0 aliphatic carbocycles. The molecule has 0 amide bonds. The molecular weight excluding hydrogens is 90.1 g/mol. The van der Waals surface area contributed by atoms with Crippen molar-refractivity contribution in [1.29, 1.82) is 0 Å². The van der Waals surface area contributed by atoms with Crippen molar-refractivity contribution in [3.05, 3.63) is 12.4 Å². The average molecular weight is 95.1 g/mol. The van der Waals surface area contributed by atoms with E-state index in [4.69, 9.17) is 0 Å². The Balaban J connectivity index is 2.96. The summed E-state index contributed by atoms with van der Waals surface area (Å²) in [5.74, 6) is 0.569. The van der Waals surface area contributed by atoms with Crippen LogP contribution in [0.3, 0.4) is 0 Å². The zero-order valence-electron chi connectivity index (χ0n) is 3.76. The lowest BCUT2D eigenvalue weighted by Crippen LogP contribution is -1.59. The maximum atomic E-state index is 3.75. The fourth-order valence-electron chi connectivity index (χ4n) is 0.343. The van der Waals surface area contributed by atoms with Gasteiger partial charge in [-0.25, -0.2) is 9.98 Å². The average Bonchev–Trinajstić information content (AvgIpc) is 2.14. The van der Waals surface area contributed by atoms with E-state index in [1.807, 2.05) is 0 Å². The number of aliphatic imine (C=N–C) groups is 1. The van der Waals surface area contributed by atoms with E-state index >= 15 is 0 Å². The minimum Gasteiger partial charge on any atom is -0.329 e. The van der Waals surface area contributed by atoms with Crippen LogP contribution in [0.2, 0.25) is 0 Å². The van der Waals surface area contributed by atoms with Gasteiger partial charge >= 0.3 is 0 Å². The van der Waals surface area contributed by atoms with E-state index in [2.05, 4.69) is 21.7 Å². The van der Waals surface area contributed by atoms with Crippen LogP contribution in [-0.4, -0.2) is 16.7 Å². The van der Waals surface area contributed by atoms with E-state index < -0.39 is 0 Å². The van der Waals surface area contributed by atoms with Gasteiger partial charge in [-0.2, -0.15) is 0 Å². The first-order valence-electron chi connectivity index (χ1n) is 1.89. The number of hydrogen-bond donors (Lipinski definition) is 1. The van der Waals surface area contributed by atoms with Crippen LogP contribution in [0.25, 0.3) is 0 Å². The Hall–Kier alpha value is -1.12.